The van der Waals surface area contributed by atoms with Gasteiger partial charge >= 0.3 is 5.69 Å². The summed E-state index contributed by atoms with van der Waals surface area (Å²) in [7, 11) is 1.69. The van der Waals surface area contributed by atoms with Crippen LogP contribution in [0.4, 0.5) is 11.5 Å². The highest BCUT2D eigenvalue weighted by Gasteiger charge is 2.23. The first-order valence-corrected chi connectivity index (χ1v) is 7.28. The van der Waals surface area contributed by atoms with Crippen LogP contribution in [-0.4, -0.2) is 35.8 Å². The van der Waals surface area contributed by atoms with Crippen LogP contribution in [0.3, 0.4) is 0 Å². The molecule has 0 amide bonds. The average molecular weight is 315 g/mol. The second-order valence-electron chi connectivity index (χ2n) is 5.24. The van der Waals surface area contributed by atoms with Crippen molar-refractivity contribution < 1.29 is 4.92 Å². The molecule has 0 saturated carbocycles. The molecule has 3 heterocycles. The predicted octanol–water partition coefficient (Wildman–Crippen LogP) is 1.72. The van der Waals surface area contributed by atoms with Crippen LogP contribution in [0.2, 0.25) is 0 Å². The van der Waals surface area contributed by atoms with Crippen molar-refractivity contribution in [2.75, 3.05) is 11.9 Å². The molecular formula is C14H17N7O2. The molecule has 0 fully saturated rings. The maximum absolute atomic E-state index is 11.1. The van der Waals surface area contributed by atoms with Gasteiger partial charge in [-0.3, -0.25) is 14.5 Å². The minimum atomic E-state index is -0.406. The Hall–Kier alpha value is -2.97. The first-order chi connectivity index (χ1) is 11.1. The Bertz CT molecular complexity index is 852. The molecule has 0 radical (unpaired) electrons. The van der Waals surface area contributed by atoms with Crippen LogP contribution in [0.5, 0.6) is 0 Å². The van der Waals surface area contributed by atoms with E-state index in [4.69, 9.17) is 0 Å². The minimum absolute atomic E-state index is 0.0282. The van der Waals surface area contributed by atoms with E-state index in [0.29, 0.717) is 18.1 Å². The van der Waals surface area contributed by atoms with Gasteiger partial charge in [0.2, 0.25) is 5.82 Å². The van der Waals surface area contributed by atoms with Crippen LogP contribution >= 0.6 is 0 Å². The van der Waals surface area contributed by atoms with Crippen LogP contribution < -0.4 is 5.32 Å². The molecule has 23 heavy (non-hydrogen) atoms. The Labute approximate surface area is 132 Å². The fraction of sp³-hybridized carbons (Fsp3) is 0.357. The zero-order valence-electron chi connectivity index (χ0n) is 12.9. The zero-order chi connectivity index (χ0) is 16.4. The number of nitro groups is 1. The molecule has 0 unspecified atom stereocenters. The van der Waals surface area contributed by atoms with Gasteiger partial charge in [-0.1, -0.05) is 6.07 Å². The predicted molar refractivity (Wildman–Crippen MR) is 84.4 cm³/mol. The summed E-state index contributed by atoms with van der Waals surface area (Å²) in [6.45, 7) is 2.22. The Morgan fingerprint density at radius 3 is 2.96 bits per heavy atom. The van der Waals surface area contributed by atoms with Gasteiger partial charge in [-0.25, -0.2) is 4.68 Å². The largest absolute Gasteiger partial charge is 0.365 e. The lowest BCUT2D eigenvalue weighted by Crippen LogP contribution is -2.09. The minimum Gasteiger partial charge on any atom is -0.365 e. The van der Waals surface area contributed by atoms with Gasteiger partial charge in [0, 0.05) is 26.2 Å². The van der Waals surface area contributed by atoms with E-state index in [-0.39, 0.29) is 5.69 Å². The average Bonchev–Trinajstić information content (AvgIpc) is 3.04. The van der Waals surface area contributed by atoms with Crippen molar-refractivity contribution >= 4 is 17.2 Å². The molecule has 3 aromatic heterocycles. The molecule has 0 atom stereocenters. The number of aromatic nitrogens is 5. The van der Waals surface area contributed by atoms with Crippen LogP contribution in [0.25, 0.3) is 5.65 Å². The standard InChI is InChI=1S/C14H17N7O2/c1-10-13(21(22)23)14(19(2)18-10)15-8-5-7-12-17-16-11-6-3-4-9-20(11)12/h3-4,6,9,15H,5,7-8H2,1-2H3. The Kier molecular flexibility index (Phi) is 3.92. The van der Waals surface area contributed by atoms with Gasteiger partial charge in [0.25, 0.3) is 0 Å². The molecule has 0 aromatic carbocycles. The van der Waals surface area contributed by atoms with Gasteiger partial charge in [0.15, 0.2) is 5.65 Å². The summed E-state index contributed by atoms with van der Waals surface area (Å²) in [4.78, 5) is 10.7. The molecule has 0 aliphatic rings. The van der Waals surface area contributed by atoms with Crippen LogP contribution in [0.15, 0.2) is 24.4 Å². The third kappa shape index (κ3) is 2.85. The molecule has 3 rings (SSSR count). The number of hydrogen-bond acceptors (Lipinski definition) is 6. The fourth-order valence-corrected chi connectivity index (χ4v) is 2.58. The van der Waals surface area contributed by atoms with Crippen LogP contribution in [0, 0.1) is 17.0 Å². The van der Waals surface area contributed by atoms with E-state index in [1.165, 1.54) is 4.68 Å². The Morgan fingerprint density at radius 1 is 1.35 bits per heavy atom. The molecule has 0 aliphatic heterocycles. The number of anilines is 1. The molecule has 0 aliphatic carbocycles. The fourth-order valence-electron chi connectivity index (χ4n) is 2.58. The SMILES string of the molecule is Cc1nn(C)c(NCCCc2nnc3ccccn23)c1[N+](=O)[O-]. The summed E-state index contributed by atoms with van der Waals surface area (Å²) in [6.07, 6.45) is 3.42. The summed E-state index contributed by atoms with van der Waals surface area (Å²) in [5, 5.41) is 26.6. The van der Waals surface area contributed by atoms with Gasteiger partial charge in [0.05, 0.1) is 4.92 Å². The second-order valence-corrected chi connectivity index (χ2v) is 5.24. The summed E-state index contributed by atoms with van der Waals surface area (Å²) >= 11 is 0. The van der Waals surface area contributed by atoms with E-state index in [1.54, 1.807) is 14.0 Å². The third-order valence-electron chi connectivity index (χ3n) is 3.63. The first-order valence-electron chi connectivity index (χ1n) is 7.28. The van der Waals surface area contributed by atoms with Crippen molar-refractivity contribution in [1.82, 2.24) is 24.4 Å². The number of rotatable bonds is 6. The maximum Gasteiger partial charge on any atom is 0.333 e. The van der Waals surface area contributed by atoms with E-state index in [1.807, 2.05) is 28.8 Å². The van der Waals surface area contributed by atoms with Gasteiger partial charge in [-0.15, -0.1) is 10.2 Å². The van der Waals surface area contributed by atoms with Crippen molar-refractivity contribution in [1.29, 1.82) is 0 Å². The van der Waals surface area contributed by atoms with Gasteiger partial charge in [-0.05, 0) is 25.5 Å². The molecule has 1 N–H and O–H groups in total. The summed E-state index contributed by atoms with van der Waals surface area (Å²) in [6, 6.07) is 5.75. The van der Waals surface area contributed by atoms with Crippen molar-refractivity contribution in [3.63, 3.8) is 0 Å². The number of hydrogen-bond donors (Lipinski definition) is 1. The number of pyridine rings is 1. The molecule has 0 saturated heterocycles. The number of nitrogens with zero attached hydrogens (tertiary/aromatic N) is 6. The van der Waals surface area contributed by atoms with Crippen molar-refractivity contribution in [2.45, 2.75) is 19.8 Å². The lowest BCUT2D eigenvalue weighted by atomic mass is 10.3. The van der Waals surface area contributed by atoms with Crippen molar-refractivity contribution in [2.24, 2.45) is 7.05 Å². The third-order valence-corrected chi connectivity index (χ3v) is 3.63. The normalized spacial score (nSPS) is 11.0. The number of fused-ring (bicyclic) bond motifs is 1. The summed E-state index contributed by atoms with van der Waals surface area (Å²) < 4.78 is 3.44. The Balaban J connectivity index is 1.63. The van der Waals surface area contributed by atoms with Gasteiger partial charge in [-0.2, -0.15) is 5.10 Å². The molecule has 120 valence electrons. The maximum atomic E-state index is 11.1. The zero-order valence-corrected chi connectivity index (χ0v) is 12.9. The quantitative estimate of drug-likeness (QED) is 0.422. The molecular weight excluding hydrogens is 298 g/mol. The summed E-state index contributed by atoms with van der Waals surface area (Å²) in [5.74, 6) is 1.30. The molecule has 9 heteroatoms. The van der Waals surface area contributed by atoms with Crippen molar-refractivity contribution in [3.05, 3.63) is 46.0 Å². The highest BCUT2D eigenvalue weighted by atomic mass is 16.6. The monoisotopic (exact) mass is 315 g/mol. The van der Waals surface area contributed by atoms with E-state index in [9.17, 15) is 10.1 Å². The highest BCUT2D eigenvalue weighted by Crippen LogP contribution is 2.27. The van der Waals surface area contributed by atoms with Crippen molar-refractivity contribution in [3.8, 4) is 0 Å². The van der Waals surface area contributed by atoms with E-state index >= 15 is 0 Å². The van der Waals surface area contributed by atoms with E-state index in [0.717, 1.165) is 24.3 Å². The lowest BCUT2D eigenvalue weighted by molar-refractivity contribution is -0.384. The van der Waals surface area contributed by atoms with Gasteiger partial charge in [0.1, 0.15) is 11.5 Å². The Morgan fingerprint density at radius 2 is 2.17 bits per heavy atom. The molecule has 9 nitrogen and oxygen atoms in total. The van der Waals surface area contributed by atoms with E-state index in [2.05, 4.69) is 20.6 Å². The number of aryl methyl sites for hydroxylation is 3. The van der Waals surface area contributed by atoms with Crippen LogP contribution in [0.1, 0.15) is 17.9 Å². The van der Waals surface area contributed by atoms with Gasteiger partial charge < -0.3 is 5.32 Å². The highest BCUT2D eigenvalue weighted by molar-refractivity contribution is 5.59. The van der Waals surface area contributed by atoms with Crippen LogP contribution in [-0.2, 0) is 13.5 Å². The molecule has 0 bridgehead atoms. The first kappa shape index (κ1) is 14.9. The lowest BCUT2D eigenvalue weighted by Gasteiger charge is -2.05. The second kappa shape index (κ2) is 6.03. The van der Waals surface area contributed by atoms with E-state index < -0.39 is 4.92 Å². The smallest absolute Gasteiger partial charge is 0.333 e. The number of nitrogens with one attached hydrogen (secondary N) is 1. The molecule has 3 aromatic rings. The molecule has 0 spiro atoms. The summed E-state index contributed by atoms with van der Waals surface area (Å²) in [5.41, 5.74) is 1.25. The topological polar surface area (TPSA) is 103 Å².